The van der Waals surface area contributed by atoms with E-state index in [1.54, 1.807) is 13.1 Å². The molecule has 4 rings (SSSR count). The van der Waals surface area contributed by atoms with Gasteiger partial charge < -0.3 is 9.80 Å². The van der Waals surface area contributed by atoms with Crippen LogP contribution in [0.4, 0.5) is 5.69 Å². The number of amides is 1. The van der Waals surface area contributed by atoms with Crippen LogP contribution in [0.25, 0.3) is 0 Å². The van der Waals surface area contributed by atoms with Crippen LogP contribution in [0, 0.1) is 19.8 Å². The predicted octanol–water partition coefficient (Wildman–Crippen LogP) is 1.85. The molecule has 1 aliphatic carbocycles. The van der Waals surface area contributed by atoms with Gasteiger partial charge in [0.25, 0.3) is 5.56 Å². The molecule has 1 amide bonds. The van der Waals surface area contributed by atoms with Gasteiger partial charge in [0.05, 0.1) is 5.69 Å². The van der Waals surface area contributed by atoms with Gasteiger partial charge in [0.1, 0.15) is 0 Å². The molecule has 1 aliphatic heterocycles. The summed E-state index contributed by atoms with van der Waals surface area (Å²) in [6, 6.07) is 8.07. The Balaban J connectivity index is 1.41. The third-order valence-electron chi connectivity index (χ3n) is 6.31. The van der Waals surface area contributed by atoms with E-state index in [1.165, 1.54) is 21.5 Å². The molecule has 2 aromatic rings. The predicted molar refractivity (Wildman–Crippen MR) is 110 cm³/mol. The monoisotopic (exact) mass is 380 g/mol. The van der Waals surface area contributed by atoms with E-state index in [2.05, 4.69) is 42.0 Å². The van der Waals surface area contributed by atoms with Crippen molar-refractivity contribution in [2.24, 2.45) is 13.0 Å². The van der Waals surface area contributed by atoms with Crippen molar-refractivity contribution in [3.8, 4) is 0 Å². The maximum absolute atomic E-state index is 13.1. The van der Waals surface area contributed by atoms with Gasteiger partial charge in [0, 0.05) is 50.9 Å². The van der Waals surface area contributed by atoms with Crippen molar-refractivity contribution >= 4 is 11.6 Å². The minimum absolute atomic E-state index is 0.0336. The highest BCUT2D eigenvalue weighted by atomic mass is 16.2. The lowest BCUT2D eigenvalue weighted by Gasteiger charge is -2.39. The van der Waals surface area contributed by atoms with Crippen molar-refractivity contribution in [2.75, 3.05) is 31.1 Å². The van der Waals surface area contributed by atoms with Gasteiger partial charge >= 0.3 is 0 Å². The molecule has 1 aromatic heterocycles. The van der Waals surface area contributed by atoms with Crippen LogP contribution in [0.15, 0.2) is 29.1 Å². The molecule has 2 aliphatic rings. The van der Waals surface area contributed by atoms with Gasteiger partial charge in [-0.25, -0.2) is 4.68 Å². The molecule has 0 unspecified atom stereocenters. The van der Waals surface area contributed by atoms with Crippen molar-refractivity contribution in [1.82, 2.24) is 14.7 Å². The summed E-state index contributed by atoms with van der Waals surface area (Å²) in [5.74, 6) is 0.195. The number of aryl methyl sites for hydroxylation is 3. The third-order valence-corrected chi connectivity index (χ3v) is 6.31. The van der Waals surface area contributed by atoms with Crippen LogP contribution < -0.4 is 10.5 Å². The van der Waals surface area contributed by atoms with E-state index >= 15 is 0 Å². The maximum atomic E-state index is 13.1. The molecule has 0 bridgehead atoms. The molecule has 0 N–H and O–H groups in total. The van der Waals surface area contributed by atoms with E-state index in [4.69, 9.17) is 0 Å². The summed E-state index contributed by atoms with van der Waals surface area (Å²) in [5, 5.41) is 4.35. The third kappa shape index (κ3) is 3.43. The lowest BCUT2D eigenvalue weighted by Crippen LogP contribution is -2.51. The average molecular weight is 380 g/mol. The highest BCUT2D eigenvalue weighted by molar-refractivity contribution is 5.80. The van der Waals surface area contributed by atoms with Crippen LogP contribution in [0.1, 0.15) is 28.8 Å². The van der Waals surface area contributed by atoms with Crippen molar-refractivity contribution in [3.63, 3.8) is 0 Å². The van der Waals surface area contributed by atoms with E-state index in [0.29, 0.717) is 6.42 Å². The number of carbonyl (C=O) groups excluding carboxylic acids is 1. The first kappa shape index (κ1) is 18.7. The lowest BCUT2D eigenvalue weighted by molar-refractivity contribution is -0.136. The molecule has 2 heterocycles. The minimum Gasteiger partial charge on any atom is -0.368 e. The second-order valence-electron chi connectivity index (χ2n) is 8.05. The number of rotatable bonds is 2. The fourth-order valence-electron chi connectivity index (χ4n) is 4.40. The normalized spacial score (nSPS) is 19.5. The molecule has 6 nitrogen and oxygen atoms in total. The van der Waals surface area contributed by atoms with Gasteiger partial charge in [-0.15, -0.1) is 0 Å². The average Bonchev–Trinajstić information content (AvgIpc) is 2.70. The van der Waals surface area contributed by atoms with E-state index in [1.807, 2.05) is 4.90 Å². The molecule has 6 heteroatoms. The second-order valence-corrected chi connectivity index (χ2v) is 8.05. The van der Waals surface area contributed by atoms with E-state index in [0.717, 1.165) is 50.3 Å². The first-order valence-corrected chi connectivity index (χ1v) is 10.1. The number of piperazine rings is 1. The SMILES string of the molecule is Cc1cccc(N2CCN(C(=O)[C@H]3CCc4nn(C)c(=O)cc4C3)CC2)c1C. The quantitative estimate of drug-likeness (QED) is 0.798. The smallest absolute Gasteiger partial charge is 0.266 e. The van der Waals surface area contributed by atoms with Gasteiger partial charge in [-0.3, -0.25) is 9.59 Å². The Kier molecular flexibility index (Phi) is 4.96. The number of carbonyl (C=O) groups is 1. The number of anilines is 1. The fraction of sp³-hybridized carbons (Fsp3) is 0.500. The van der Waals surface area contributed by atoms with Crippen molar-refractivity contribution in [1.29, 1.82) is 0 Å². The molecule has 1 atom stereocenters. The van der Waals surface area contributed by atoms with Crippen LogP contribution in [0.5, 0.6) is 0 Å². The van der Waals surface area contributed by atoms with E-state index in [-0.39, 0.29) is 17.4 Å². The Morgan fingerprint density at radius 2 is 1.89 bits per heavy atom. The maximum Gasteiger partial charge on any atom is 0.266 e. The van der Waals surface area contributed by atoms with E-state index < -0.39 is 0 Å². The summed E-state index contributed by atoms with van der Waals surface area (Å²) in [5.41, 5.74) is 5.71. The fourth-order valence-corrected chi connectivity index (χ4v) is 4.40. The number of aromatic nitrogens is 2. The molecule has 0 spiro atoms. The summed E-state index contributed by atoms with van der Waals surface area (Å²) < 4.78 is 1.38. The Labute approximate surface area is 165 Å². The van der Waals surface area contributed by atoms with Gasteiger partial charge in [0.15, 0.2) is 0 Å². The number of nitrogens with zero attached hydrogens (tertiary/aromatic N) is 4. The van der Waals surface area contributed by atoms with Gasteiger partial charge in [-0.05, 0) is 55.9 Å². The summed E-state index contributed by atoms with van der Waals surface area (Å²) in [4.78, 5) is 29.4. The molecule has 0 radical (unpaired) electrons. The summed E-state index contributed by atoms with van der Waals surface area (Å²) in [6.45, 7) is 7.54. The Morgan fingerprint density at radius 1 is 1.14 bits per heavy atom. The zero-order valence-electron chi connectivity index (χ0n) is 16.9. The molecule has 148 valence electrons. The van der Waals surface area contributed by atoms with Crippen LogP contribution >= 0.6 is 0 Å². The van der Waals surface area contributed by atoms with Gasteiger partial charge in [-0.1, -0.05) is 12.1 Å². The van der Waals surface area contributed by atoms with Gasteiger partial charge in [0.2, 0.25) is 5.91 Å². The summed E-state index contributed by atoms with van der Waals surface area (Å²) >= 11 is 0. The van der Waals surface area contributed by atoms with Crippen LogP contribution in [0.3, 0.4) is 0 Å². The topological polar surface area (TPSA) is 58.4 Å². The molecule has 1 saturated heterocycles. The Hall–Kier alpha value is -2.63. The molecule has 1 aromatic carbocycles. The number of hydrogen-bond acceptors (Lipinski definition) is 4. The first-order valence-electron chi connectivity index (χ1n) is 10.1. The van der Waals surface area contributed by atoms with Crippen LogP contribution in [0.2, 0.25) is 0 Å². The number of benzene rings is 1. The minimum atomic E-state index is -0.103. The molecule has 0 saturated carbocycles. The van der Waals surface area contributed by atoms with Crippen molar-refractivity contribution in [2.45, 2.75) is 33.1 Å². The summed E-state index contributed by atoms with van der Waals surface area (Å²) in [6.07, 6.45) is 2.21. The summed E-state index contributed by atoms with van der Waals surface area (Å²) in [7, 11) is 1.68. The van der Waals surface area contributed by atoms with Crippen molar-refractivity contribution < 1.29 is 4.79 Å². The van der Waals surface area contributed by atoms with Crippen molar-refractivity contribution in [3.05, 3.63) is 57.0 Å². The molecular weight excluding hydrogens is 352 g/mol. The molecule has 28 heavy (non-hydrogen) atoms. The standard InChI is InChI=1S/C22H28N4O2/c1-15-5-4-6-20(16(15)2)25-9-11-26(12-10-25)22(28)17-7-8-19-18(13-17)14-21(27)24(3)23-19/h4-6,14,17H,7-13H2,1-3H3/t17-/m0/s1. The number of hydrogen-bond donors (Lipinski definition) is 0. The highest BCUT2D eigenvalue weighted by Gasteiger charge is 2.31. The first-order chi connectivity index (χ1) is 13.4. The van der Waals surface area contributed by atoms with Gasteiger partial charge in [-0.2, -0.15) is 5.10 Å². The van der Waals surface area contributed by atoms with E-state index in [9.17, 15) is 9.59 Å². The van der Waals surface area contributed by atoms with Crippen LogP contribution in [-0.2, 0) is 24.7 Å². The zero-order valence-corrected chi connectivity index (χ0v) is 16.9. The highest BCUT2D eigenvalue weighted by Crippen LogP contribution is 2.27. The molecular formula is C22H28N4O2. The molecule has 1 fully saturated rings. The second kappa shape index (κ2) is 7.41. The Bertz CT molecular complexity index is 957. The largest absolute Gasteiger partial charge is 0.368 e. The number of fused-ring (bicyclic) bond motifs is 1. The lowest BCUT2D eigenvalue weighted by atomic mass is 9.86. The Morgan fingerprint density at radius 3 is 2.64 bits per heavy atom. The zero-order chi connectivity index (χ0) is 19.8. The van der Waals surface area contributed by atoms with Crippen LogP contribution in [-0.4, -0.2) is 46.8 Å².